The Morgan fingerprint density at radius 2 is 1.95 bits per heavy atom. The van der Waals surface area contributed by atoms with Gasteiger partial charge in [0.2, 0.25) is 5.88 Å². The number of methoxy groups -OCH3 is 1. The first-order chi connectivity index (χ1) is 9.28. The van der Waals surface area contributed by atoms with Gasteiger partial charge in [-0.3, -0.25) is 0 Å². The first kappa shape index (κ1) is 13.5. The second kappa shape index (κ2) is 6.88. The zero-order valence-corrected chi connectivity index (χ0v) is 11.5. The molecule has 1 aromatic heterocycles. The number of aromatic nitrogens is 2. The van der Waals surface area contributed by atoms with Crippen molar-refractivity contribution in [3.05, 3.63) is 54.0 Å². The molecule has 0 radical (unpaired) electrons. The first-order valence-corrected chi connectivity index (χ1v) is 6.66. The molecule has 1 unspecified atom stereocenters. The summed E-state index contributed by atoms with van der Waals surface area (Å²) < 4.78 is 5.11. The van der Waals surface area contributed by atoms with E-state index in [1.165, 1.54) is 5.56 Å². The summed E-state index contributed by atoms with van der Waals surface area (Å²) in [7, 11) is 1.63. The average molecular weight is 256 g/mol. The third-order valence-electron chi connectivity index (χ3n) is 3.23. The molecule has 1 aromatic carbocycles. The maximum absolute atomic E-state index is 5.11. The van der Waals surface area contributed by atoms with Gasteiger partial charge in [-0.15, -0.1) is 0 Å². The standard InChI is InChI=1S/C16H20N2O/c1-13(8-9-14-6-4-3-5-7-14)10-15-11-16(19-2)18-12-17-15/h3-7,11-13H,8-10H2,1-2H3. The lowest BCUT2D eigenvalue weighted by Crippen LogP contribution is -2.04. The van der Waals surface area contributed by atoms with Crippen LogP contribution in [0.2, 0.25) is 0 Å². The highest BCUT2D eigenvalue weighted by molar-refractivity contribution is 5.15. The molecule has 0 saturated carbocycles. The molecule has 0 aliphatic heterocycles. The fourth-order valence-electron chi connectivity index (χ4n) is 2.12. The average Bonchev–Trinajstić information content (AvgIpc) is 2.46. The third-order valence-corrected chi connectivity index (χ3v) is 3.23. The molecule has 0 aliphatic carbocycles. The van der Waals surface area contributed by atoms with Gasteiger partial charge in [0.25, 0.3) is 0 Å². The molecule has 3 heteroatoms. The van der Waals surface area contributed by atoms with Crippen molar-refractivity contribution >= 4 is 0 Å². The van der Waals surface area contributed by atoms with Gasteiger partial charge >= 0.3 is 0 Å². The van der Waals surface area contributed by atoms with E-state index < -0.39 is 0 Å². The quantitative estimate of drug-likeness (QED) is 0.795. The molecule has 0 amide bonds. The van der Waals surface area contributed by atoms with E-state index in [0.29, 0.717) is 11.8 Å². The lowest BCUT2D eigenvalue weighted by molar-refractivity contribution is 0.395. The zero-order valence-electron chi connectivity index (χ0n) is 11.5. The Labute approximate surface area is 114 Å². The molecular weight excluding hydrogens is 236 g/mol. The maximum Gasteiger partial charge on any atom is 0.216 e. The summed E-state index contributed by atoms with van der Waals surface area (Å²) in [6.07, 6.45) is 4.81. The summed E-state index contributed by atoms with van der Waals surface area (Å²) in [5.74, 6) is 1.24. The number of ether oxygens (including phenoxy) is 1. The molecule has 0 spiro atoms. The Morgan fingerprint density at radius 3 is 2.68 bits per heavy atom. The molecule has 0 fully saturated rings. The van der Waals surface area contributed by atoms with Crippen molar-refractivity contribution in [3.63, 3.8) is 0 Å². The van der Waals surface area contributed by atoms with E-state index in [9.17, 15) is 0 Å². The van der Waals surface area contributed by atoms with Crippen LogP contribution in [0, 0.1) is 5.92 Å². The second-order valence-electron chi connectivity index (χ2n) is 4.89. The molecule has 0 N–H and O–H groups in total. The van der Waals surface area contributed by atoms with E-state index in [-0.39, 0.29) is 0 Å². The minimum absolute atomic E-state index is 0.597. The van der Waals surface area contributed by atoms with Gasteiger partial charge < -0.3 is 4.74 Å². The lowest BCUT2D eigenvalue weighted by atomic mass is 9.97. The molecule has 0 bridgehead atoms. The summed E-state index contributed by atoms with van der Waals surface area (Å²) in [6, 6.07) is 12.5. The SMILES string of the molecule is COc1cc(CC(C)CCc2ccccc2)ncn1. The van der Waals surface area contributed by atoms with E-state index in [2.05, 4.69) is 47.2 Å². The highest BCUT2D eigenvalue weighted by atomic mass is 16.5. The van der Waals surface area contributed by atoms with Gasteiger partial charge in [0.1, 0.15) is 6.33 Å². The minimum atomic E-state index is 0.597. The summed E-state index contributed by atoms with van der Waals surface area (Å²) in [5.41, 5.74) is 2.45. The van der Waals surface area contributed by atoms with Gasteiger partial charge in [-0.2, -0.15) is 0 Å². The molecule has 2 rings (SSSR count). The fourth-order valence-corrected chi connectivity index (χ4v) is 2.12. The van der Waals surface area contributed by atoms with E-state index in [1.54, 1.807) is 13.4 Å². The van der Waals surface area contributed by atoms with Gasteiger partial charge in [0, 0.05) is 11.8 Å². The number of hydrogen-bond acceptors (Lipinski definition) is 3. The Morgan fingerprint density at radius 1 is 1.16 bits per heavy atom. The molecule has 3 nitrogen and oxygen atoms in total. The number of hydrogen-bond donors (Lipinski definition) is 0. The molecule has 2 aromatic rings. The predicted octanol–water partition coefficient (Wildman–Crippen LogP) is 3.30. The van der Waals surface area contributed by atoms with Crippen molar-refractivity contribution in [1.82, 2.24) is 9.97 Å². The van der Waals surface area contributed by atoms with Crippen molar-refractivity contribution < 1.29 is 4.74 Å². The lowest BCUT2D eigenvalue weighted by Gasteiger charge is -2.11. The van der Waals surface area contributed by atoms with Crippen molar-refractivity contribution in [1.29, 1.82) is 0 Å². The summed E-state index contributed by atoms with van der Waals surface area (Å²) in [4.78, 5) is 8.32. The molecule has 0 saturated heterocycles. The Bertz CT molecular complexity index is 499. The number of aryl methyl sites for hydroxylation is 1. The molecule has 1 atom stereocenters. The molecule has 19 heavy (non-hydrogen) atoms. The van der Waals surface area contributed by atoms with E-state index in [1.807, 2.05) is 6.07 Å². The van der Waals surface area contributed by atoms with Crippen LogP contribution in [0.4, 0.5) is 0 Å². The van der Waals surface area contributed by atoms with Crippen LogP contribution < -0.4 is 4.74 Å². The van der Waals surface area contributed by atoms with Crippen molar-refractivity contribution in [2.75, 3.05) is 7.11 Å². The topological polar surface area (TPSA) is 35.0 Å². The predicted molar refractivity (Wildman–Crippen MR) is 76.2 cm³/mol. The highest BCUT2D eigenvalue weighted by Gasteiger charge is 2.06. The van der Waals surface area contributed by atoms with Gasteiger partial charge in [-0.1, -0.05) is 37.3 Å². The monoisotopic (exact) mass is 256 g/mol. The fraction of sp³-hybridized carbons (Fsp3) is 0.375. The normalized spacial score (nSPS) is 12.1. The van der Waals surface area contributed by atoms with E-state index >= 15 is 0 Å². The van der Waals surface area contributed by atoms with Crippen molar-refractivity contribution in [2.24, 2.45) is 5.92 Å². The Hall–Kier alpha value is -1.90. The zero-order chi connectivity index (χ0) is 13.5. The molecule has 0 aliphatic rings. The van der Waals surface area contributed by atoms with Crippen LogP contribution in [-0.4, -0.2) is 17.1 Å². The molecular formula is C16H20N2O. The van der Waals surface area contributed by atoms with Gasteiger partial charge in [0.05, 0.1) is 7.11 Å². The highest BCUT2D eigenvalue weighted by Crippen LogP contribution is 2.15. The van der Waals surface area contributed by atoms with Crippen LogP contribution in [0.1, 0.15) is 24.6 Å². The number of benzene rings is 1. The van der Waals surface area contributed by atoms with Crippen LogP contribution in [0.5, 0.6) is 5.88 Å². The van der Waals surface area contributed by atoms with Crippen molar-refractivity contribution in [2.45, 2.75) is 26.2 Å². The maximum atomic E-state index is 5.11. The van der Waals surface area contributed by atoms with Crippen LogP contribution >= 0.6 is 0 Å². The molecule has 1 heterocycles. The van der Waals surface area contributed by atoms with Crippen molar-refractivity contribution in [3.8, 4) is 5.88 Å². The van der Waals surface area contributed by atoms with Crippen LogP contribution in [0.3, 0.4) is 0 Å². The van der Waals surface area contributed by atoms with E-state index in [4.69, 9.17) is 4.74 Å². The first-order valence-electron chi connectivity index (χ1n) is 6.66. The minimum Gasteiger partial charge on any atom is -0.481 e. The third kappa shape index (κ3) is 4.36. The van der Waals surface area contributed by atoms with Gasteiger partial charge in [0.15, 0.2) is 0 Å². The van der Waals surface area contributed by atoms with Gasteiger partial charge in [-0.25, -0.2) is 9.97 Å². The summed E-state index contributed by atoms with van der Waals surface area (Å²) in [5, 5.41) is 0. The van der Waals surface area contributed by atoms with Crippen LogP contribution in [0.25, 0.3) is 0 Å². The largest absolute Gasteiger partial charge is 0.481 e. The van der Waals surface area contributed by atoms with E-state index in [0.717, 1.165) is 25.0 Å². The number of rotatable bonds is 6. The van der Waals surface area contributed by atoms with Gasteiger partial charge in [-0.05, 0) is 30.7 Å². The number of nitrogens with zero attached hydrogens (tertiary/aromatic N) is 2. The summed E-state index contributed by atoms with van der Waals surface area (Å²) >= 11 is 0. The summed E-state index contributed by atoms with van der Waals surface area (Å²) in [6.45, 7) is 2.26. The smallest absolute Gasteiger partial charge is 0.216 e. The molecule has 100 valence electrons. The van der Waals surface area contributed by atoms with Crippen LogP contribution in [-0.2, 0) is 12.8 Å². The Balaban J connectivity index is 1.85. The van der Waals surface area contributed by atoms with Crippen LogP contribution in [0.15, 0.2) is 42.7 Å². The second-order valence-corrected chi connectivity index (χ2v) is 4.89. The Kier molecular flexibility index (Phi) is 4.90.